The lowest BCUT2D eigenvalue weighted by atomic mass is 10.3. The fourth-order valence-electron chi connectivity index (χ4n) is 1.82. The highest BCUT2D eigenvalue weighted by molar-refractivity contribution is 5.94. The van der Waals surface area contributed by atoms with Crippen LogP contribution >= 0.6 is 0 Å². The van der Waals surface area contributed by atoms with E-state index in [1.54, 1.807) is 32.4 Å². The summed E-state index contributed by atoms with van der Waals surface area (Å²) < 4.78 is 15.3. The van der Waals surface area contributed by atoms with Gasteiger partial charge in [0.05, 0.1) is 13.2 Å². The van der Waals surface area contributed by atoms with Gasteiger partial charge in [0.25, 0.3) is 0 Å². The number of oxazole rings is 1. The van der Waals surface area contributed by atoms with Gasteiger partial charge in [0.15, 0.2) is 5.58 Å². The molecule has 21 heavy (non-hydrogen) atoms. The predicted octanol–water partition coefficient (Wildman–Crippen LogP) is 1.15. The van der Waals surface area contributed by atoms with Crippen molar-refractivity contribution < 1.29 is 18.7 Å². The predicted molar refractivity (Wildman–Crippen MR) is 78.1 cm³/mol. The Hall–Kier alpha value is -1.96. The normalized spacial score (nSPS) is 11.0. The molecular formula is C14H19N3O4. The molecule has 0 unspecified atom stereocenters. The highest BCUT2D eigenvalue weighted by atomic mass is 16.5. The Morgan fingerprint density at radius 1 is 1.33 bits per heavy atom. The molecule has 2 aromatic rings. The second-order valence-corrected chi connectivity index (χ2v) is 4.44. The molecule has 2 rings (SSSR count). The van der Waals surface area contributed by atoms with Gasteiger partial charge in [0.1, 0.15) is 12.1 Å². The van der Waals surface area contributed by atoms with Gasteiger partial charge in [-0.05, 0) is 18.2 Å². The van der Waals surface area contributed by atoms with Crippen LogP contribution in [0.1, 0.15) is 5.89 Å². The summed E-state index contributed by atoms with van der Waals surface area (Å²) in [6.45, 7) is 1.75. The SMILES string of the molecule is COCCNCC(=O)Nc1ccc2oc(COC)nc2c1. The van der Waals surface area contributed by atoms with Gasteiger partial charge in [0.2, 0.25) is 11.8 Å². The lowest BCUT2D eigenvalue weighted by molar-refractivity contribution is -0.115. The van der Waals surface area contributed by atoms with Crippen molar-refractivity contribution in [2.24, 2.45) is 0 Å². The van der Waals surface area contributed by atoms with Crippen LogP contribution in [0.25, 0.3) is 11.1 Å². The minimum atomic E-state index is -0.119. The number of rotatable bonds is 8. The zero-order valence-corrected chi connectivity index (χ0v) is 12.1. The molecule has 0 radical (unpaired) electrons. The number of benzene rings is 1. The molecule has 1 aromatic heterocycles. The number of hydrogen-bond acceptors (Lipinski definition) is 6. The summed E-state index contributed by atoms with van der Waals surface area (Å²) in [6, 6.07) is 5.32. The molecule has 0 fully saturated rings. The lowest BCUT2D eigenvalue weighted by Crippen LogP contribution is -2.30. The summed E-state index contributed by atoms with van der Waals surface area (Å²) in [5, 5.41) is 5.77. The third kappa shape index (κ3) is 4.52. The molecule has 7 nitrogen and oxygen atoms in total. The molecule has 0 atom stereocenters. The van der Waals surface area contributed by atoms with Crippen LogP contribution in [-0.4, -0.2) is 44.8 Å². The monoisotopic (exact) mass is 293 g/mol. The van der Waals surface area contributed by atoms with Crippen molar-refractivity contribution in [1.82, 2.24) is 10.3 Å². The van der Waals surface area contributed by atoms with Crippen molar-refractivity contribution in [1.29, 1.82) is 0 Å². The average molecular weight is 293 g/mol. The van der Waals surface area contributed by atoms with E-state index in [4.69, 9.17) is 13.9 Å². The van der Waals surface area contributed by atoms with Crippen molar-refractivity contribution in [3.8, 4) is 0 Å². The largest absolute Gasteiger partial charge is 0.438 e. The number of nitrogens with one attached hydrogen (secondary N) is 2. The van der Waals surface area contributed by atoms with Crippen molar-refractivity contribution in [2.45, 2.75) is 6.61 Å². The molecule has 0 saturated carbocycles. The van der Waals surface area contributed by atoms with E-state index in [1.165, 1.54) is 0 Å². The fraction of sp³-hybridized carbons (Fsp3) is 0.429. The van der Waals surface area contributed by atoms with Crippen molar-refractivity contribution in [2.75, 3.05) is 39.2 Å². The standard InChI is InChI=1S/C14H19N3O4/c1-19-6-5-15-8-13(18)16-10-3-4-12-11(7-10)17-14(21-12)9-20-2/h3-4,7,15H,5-6,8-9H2,1-2H3,(H,16,18). The van der Waals surface area contributed by atoms with Crippen molar-refractivity contribution >= 4 is 22.7 Å². The van der Waals surface area contributed by atoms with E-state index in [9.17, 15) is 4.79 Å². The summed E-state index contributed by atoms with van der Waals surface area (Å²) >= 11 is 0. The van der Waals surface area contributed by atoms with Crippen LogP contribution in [0.15, 0.2) is 22.6 Å². The van der Waals surface area contributed by atoms with Crippen LogP contribution in [0.2, 0.25) is 0 Å². The average Bonchev–Trinajstić information content (AvgIpc) is 2.85. The van der Waals surface area contributed by atoms with Crippen LogP contribution < -0.4 is 10.6 Å². The van der Waals surface area contributed by atoms with Gasteiger partial charge < -0.3 is 24.5 Å². The molecule has 2 N–H and O–H groups in total. The summed E-state index contributed by atoms with van der Waals surface area (Å²) in [6.07, 6.45) is 0. The Bertz CT molecular complexity index is 597. The van der Waals surface area contributed by atoms with E-state index in [1.807, 2.05) is 0 Å². The summed E-state index contributed by atoms with van der Waals surface area (Å²) in [7, 11) is 3.20. The summed E-state index contributed by atoms with van der Waals surface area (Å²) in [5.41, 5.74) is 2.03. The number of ether oxygens (including phenoxy) is 2. The molecule has 0 aliphatic carbocycles. The second-order valence-electron chi connectivity index (χ2n) is 4.44. The Labute approximate surface area is 122 Å². The highest BCUT2D eigenvalue weighted by Crippen LogP contribution is 2.20. The smallest absolute Gasteiger partial charge is 0.238 e. The lowest BCUT2D eigenvalue weighted by Gasteiger charge is -2.06. The summed E-state index contributed by atoms with van der Waals surface area (Å²) in [5.74, 6) is 0.392. The highest BCUT2D eigenvalue weighted by Gasteiger charge is 2.08. The number of anilines is 1. The van der Waals surface area contributed by atoms with Crippen molar-refractivity contribution in [3.63, 3.8) is 0 Å². The van der Waals surface area contributed by atoms with Gasteiger partial charge in [-0.25, -0.2) is 4.98 Å². The maximum atomic E-state index is 11.7. The summed E-state index contributed by atoms with van der Waals surface area (Å²) in [4.78, 5) is 16.0. The number of nitrogens with zero attached hydrogens (tertiary/aromatic N) is 1. The second kappa shape index (κ2) is 7.72. The van der Waals surface area contributed by atoms with Crippen molar-refractivity contribution in [3.05, 3.63) is 24.1 Å². The maximum absolute atomic E-state index is 11.7. The first kappa shape index (κ1) is 15.4. The Kier molecular flexibility index (Phi) is 5.68. The van der Waals surface area contributed by atoms with E-state index in [0.29, 0.717) is 42.4 Å². The number of hydrogen-bond donors (Lipinski definition) is 2. The minimum absolute atomic E-state index is 0.119. The number of carbonyl (C=O) groups is 1. The molecule has 114 valence electrons. The van der Waals surface area contributed by atoms with Gasteiger partial charge >= 0.3 is 0 Å². The van der Waals surface area contributed by atoms with Gasteiger partial charge in [-0.2, -0.15) is 0 Å². The van der Waals surface area contributed by atoms with E-state index in [-0.39, 0.29) is 12.5 Å². The molecule has 0 bridgehead atoms. The maximum Gasteiger partial charge on any atom is 0.238 e. The molecule has 0 saturated heterocycles. The molecule has 1 heterocycles. The van der Waals surface area contributed by atoms with Gasteiger partial charge in [-0.1, -0.05) is 0 Å². The molecular weight excluding hydrogens is 274 g/mol. The van der Waals surface area contributed by atoms with Crippen LogP contribution in [0.3, 0.4) is 0 Å². The quantitative estimate of drug-likeness (QED) is 0.710. The third-order valence-electron chi connectivity index (χ3n) is 2.75. The van der Waals surface area contributed by atoms with Crippen LogP contribution in [0, 0.1) is 0 Å². The number of amides is 1. The zero-order chi connectivity index (χ0) is 15.1. The van der Waals surface area contributed by atoms with Gasteiger partial charge in [-0.3, -0.25) is 4.79 Å². The molecule has 0 aliphatic rings. The zero-order valence-electron chi connectivity index (χ0n) is 12.1. The molecule has 1 amide bonds. The first-order chi connectivity index (χ1) is 10.2. The van der Waals surface area contributed by atoms with Gasteiger partial charge in [-0.15, -0.1) is 0 Å². The van der Waals surface area contributed by atoms with E-state index >= 15 is 0 Å². The van der Waals surface area contributed by atoms with Crippen LogP contribution in [0.5, 0.6) is 0 Å². The third-order valence-corrected chi connectivity index (χ3v) is 2.75. The first-order valence-corrected chi connectivity index (χ1v) is 6.61. The number of methoxy groups -OCH3 is 2. The van der Waals surface area contributed by atoms with Crippen LogP contribution in [0.4, 0.5) is 5.69 Å². The van der Waals surface area contributed by atoms with Crippen LogP contribution in [-0.2, 0) is 20.9 Å². The molecule has 0 spiro atoms. The number of aromatic nitrogens is 1. The molecule has 7 heteroatoms. The van der Waals surface area contributed by atoms with Gasteiger partial charge in [0, 0.05) is 26.5 Å². The minimum Gasteiger partial charge on any atom is -0.438 e. The number of fused-ring (bicyclic) bond motifs is 1. The first-order valence-electron chi connectivity index (χ1n) is 6.61. The Morgan fingerprint density at radius 2 is 2.19 bits per heavy atom. The Balaban J connectivity index is 1.93. The molecule has 1 aromatic carbocycles. The van der Waals surface area contributed by atoms with E-state index in [0.717, 1.165) is 0 Å². The van der Waals surface area contributed by atoms with E-state index in [2.05, 4.69) is 15.6 Å². The topological polar surface area (TPSA) is 85.6 Å². The van der Waals surface area contributed by atoms with E-state index < -0.39 is 0 Å². The number of carbonyl (C=O) groups excluding carboxylic acids is 1. The Morgan fingerprint density at radius 3 is 2.95 bits per heavy atom. The molecule has 0 aliphatic heterocycles. The fourth-order valence-corrected chi connectivity index (χ4v) is 1.82.